The van der Waals surface area contributed by atoms with Crippen LogP contribution in [0.5, 0.6) is 0 Å². The van der Waals surface area contributed by atoms with Gasteiger partial charge in [0.05, 0.1) is 11.6 Å². The highest BCUT2D eigenvalue weighted by molar-refractivity contribution is 6.00. The number of carbonyl (C=O) groups is 1. The molecule has 1 N–H and O–H groups in total. The molecule has 0 radical (unpaired) electrons. The van der Waals surface area contributed by atoms with Gasteiger partial charge in [0.1, 0.15) is 5.82 Å². The maximum Gasteiger partial charge on any atom is 0.256 e. The zero-order valence-corrected chi connectivity index (χ0v) is 14.0. The lowest BCUT2D eigenvalue weighted by atomic mass is 10.1. The molecule has 1 amide bonds. The zero-order valence-electron chi connectivity index (χ0n) is 14.0. The average molecular weight is 325 g/mol. The predicted octanol–water partition coefficient (Wildman–Crippen LogP) is 2.69. The number of carbonyl (C=O) groups excluding carboxylic acids is 1. The molecule has 0 aliphatic carbocycles. The minimum absolute atomic E-state index is 0.0194. The number of anilines is 1. The molecule has 2 aliphatic heterocycles. The summed E-state index contributed by atoms with van der Waals surface area (Å²) >= 11 is 0. The molecule has 6 heteroatoms. The van der Waals surface area contributed by atoms with E-state index in [9.17, 15) is 4.79 Å². The van der Waals surface area contributed by atoms with E-state index in [4.69, 9.17) is 0 Å². The van der Waals surface area contributed by atoms with Crippen molar-refractivity contribution in [1.82, 2.24) is 20.1 Å². The van der Waals surface area contributed by atoms with E-state index in [1.807, 2.05) is 30.0 Å². The monoisotopic (exact) mass is 325 g/mol. The van der Waals surface area contributed by atoms with Crippen molar-refractivity contribution in [2.24, 2.45) is 0 Å². The van der Waals surface area contributed by atoms with E-state index in [1.54, 1.807) is 0 Å². The minimum atomic E-state index is -0.0194. The van der Waals surface area contributed by atoms with Gasteiger partial charge in [0, 0.05) is 25.3 Å². The van der Waals surface area contributed by atoms with Crippen LogP contribution in [0.2, 0.25) is 0 Å². The lowest BCUT2D eigenvalue weighted by Gasteiger charge is -2.26. The van der Waals surface area contributed by atoms with Crippen LogP contribution < -0.4 is 4.90 Å². The molecule has 2 aromatic rings. The second-order valence-corrected chi connectivity index (χ2v) is 6.65. The number of likely N-dealkylation sites (tertiary alicyclic amines) is 1. The summed E-state index contributed by atoms with van der Waals surface area (Å²) in [5.41, 5.74) is 1.87. The summed E-state index contributed by atoms with van der Waals surface area (Å²) < 4.78 is 0. The number of aromatic nitrogens is 3. The van der Waals surface area contributed by atoms with E-state index in [1.165, 1.54) is 12.8 Å². The van der Waals surface area contributed by atoms with Crippen molar-refractivity contribution < 1.29 is 4.79 Å². The third-order valence-corrected chi connectivity index (χ3v) is 5.01. The molecule has 1 aromatic carbocycles. The fraction of sp³-hybridized carbons (Fsp3) is 0.500. The van der Waals surface area contributed by atoms with Crippen molar-refractivity contribution in [1.29, 1.82) is 0 Å². The van der Waals surface area contributed by atoms with E-state index in [0.717, 1.165) is 55.4 Å². The van der Waals surface area contributed by atoms with Crippen LogP contribution in [-0.4, -0.2) is 45.6 Å². The van der Waals surface area contributed by atoms with Crippen LogP contribution in [0.15, 0.2) is 24.3 Å². The molecule has 126 valence electrons. The average Bonchev–Trinajstić information content (AvgIpc) is 3.35. The van der Waals surface area contributed by atoms with Crippen LogP contribution in [0.3, 0.4) is 0 Å². The van der Waals surface area contributed by atoms with Gasteiger partial charge in [-0.05, 0) is 44.7 Å². The van der Waals surface area contributed by atoms with Crippen molar-refractivity contribution in [3.05, 3.63) is 41.5 Å². The van der Waals surface area contributed by atoms with E-state index in [-0.39, 0.29) is 11.9 Å². The van der Waals surface area contributed by atoms with Crippen LogP contribution in [0.4, 0.5) is 5.69 Å². The fourth-order valence-corrected chi connectivity index (χ4v) is 3.83. The maximum atomic E-state index is 13.2. The first kappa shape index (κ1) is 15.2. The number of para-hydroxylation sites is 1. The fourth-order valence-electron chi connectivity index (χ4n) is 3.83. The number of rotatable bonds is 3. The highest BCUT2D eigenvalue weighted by Gasteiger charge is 2.34. The van der Waals surface area contributed by atoms with E-state index < -0.39 is 0 Å². The molecule has 24 heavy (non-hydrogen) atoms. The van der Waals surface area contributed by atoms with Gasteiger partial charge in [-0.2, -0.15) is 5.10 Å². The Kier molecular flexibility index (Phi) is 3.96. The number of aromatic amines is 1. The predicted molar refractivity (Wildman–Crippen MR) is 92.0 cm³/mol. The van der Waals surface area contributed by atoms with Crippen LogP contribution in [0.25, 0.3) is 0 Å². The number of hydrogen-bond donors (Lipinski definition) is 1. The number of hydrogen-bond acceptors (Lipinski definition) is 4. The van der Waals surface area contributed by atoms with Crippen molar-refractivity contribution in [2.45, 2.75) is 38.6 Å². The van der Waals surface area contributed by atoms with Gasteiger partial charge in [-0.3, -0.25) is 9.89 Å². The van der Waals surface area contributed by atoms with Crippen LogP contribution in [0, 0.1) is 6.92 Å². The normalized spacial score (nSPS) is 20.8. The number of amides is 1. The standard InChI is InChI=1S/C18H23N5O/c1-13-19-17(21-20-13)16-9-6-12-23(16)18(24)14-7-2-3-8-15(14)22-10-4-5-11-22/h2-3,7-8,16H,4-6,9-12H2,1H3,(H,19,20,21)/t16-/m0/s1. The van der Waals surface area contributed by atoms with Crippen molar-refractivity contribution >= 4 is 11.6 Å². The summed E-state index contributed by atoms with van der Waals surface area (Å²) in [4.78, 5) is 22.0. The van der Waals surface area contributed by atoms with Gasteiger partial charge in [-0.1, -0.05) is 12.1 Å². The smallest absolute Gasteiger partial charge is 0.256 e. The molecule has 0 spiro atoms. The molecule has 1 atom stereocenters. The van der Waals surface area contributed by atoms with Gasteiger partial charge in [-0.25, -0.2) is 4.98 Å². The molecule has 2 aliphatic rings. The molecule has 0 saturated carbocycles. The lowest BCUT2D eigenvalue weighted by molar-refractivity contribution is 0.0730. The minimum Gasteiger partial charge on any atom is -0.371 e. The lowest BCUT2D eigenvalue weighted by Crippen LogP contribution is -2.32. The quantitative estimate of drug-likeness (QED) is 0.942. The van der Waals surface area contributed by atoms with Crippen molar-refractivity contribution in [3.63, 3.8) is 0 Å². The first-order chi connectivity index (χ1) is 11.7. The summed E-state index contributed by atoms with van der Waals surface area (Å²) in [6.07, 6.45) is 4.32. The summed E-state index contributed by atoms with van der Waals surface area (Å²) in [5.74, 6) is 1.63. The molecule has 2 fully saturated rings. The Morgan fingerprint density at radius 3 is 2.71 bits per heavy atom. The highest BCUT2D eigenvalue weighted by Crippen LogP contribution is 2.33. The molecule has 0 bridgehead atoms. The summed E-state index contributed by atoms with van der Waals surface area (Å²) in [5, 5.41) is 7.18. The Morgan fingerprint density at radius 1 is 1.17 bits per heavy atom. The molecule has 3 heterocycles. The molecular weight excluding hydrogens is 302 g/mol. The largest absolute Gasteiger partial charge is 0.371 e. The molecule has 4 rings (SSSR count). The topological polar surface area (TPSA) is 65.1 Å². The van der Waals surface area contributed by atoms with Gasteiger partial charge < -0.3 is 9.80 Å². The number of aryl methyl sites for hydroxylation is 1. The van der Waals surface area contributed by atoms with Gasteiger partial charge >= 0.3 is 0 Å². The number of H-pyrrole nitrogens is 1. The van der Waals surface area contributed by atoms with Crippen LogP contribution in [0.1, 0.15) is 53.7 Å². The van der Waals surface area contributed by atoms with Crippen molar-refractivity contribution in [2.75, 3.05) is 24.5 Å². The number of nitrogens with one attached hydrogen (secondary N) is 1. The van der Waals surface area contributed by atoms with E-state index >= 15 is 0 Å². The van der Waals surface area contributed by atoms with Gasteiger partial charge in [0.15, 0.2) is 5.82 Å². The second-order valence-electron chi connectivity index (χ2n) is 6.65. The molecule has 1 aromatic heterocycles. The van der Waals surface area contributed by atoms with Crippen LogP contribution in [-0.2, 0) is 0 Å². The van der Waals surface area contributed by atoms with Gasteiger partial charge in [-0.15, -0.1) is 0 Å². The first-order valence-corrected chi connectivity index (χ1v) is 8.78. The Labute approximate surface area is 141 Å². The van der Waals surface area contributed by atoms with E-state index in [0.29, 0.717) is 0 Å². The third-order valence-electron chi connectivity index (χ3n) is 5.01. The number of benzene rings is 1. The molecule has 0 unspecified atom stereocenters. The number of nitrogens with zero attached hydrogens (tertiary/aromatic N) is 4. The molecule has 2 saturated heterocycles. The summed E-state index contributed by atoms with van der Waals surface area (Å²) in [7, 11) is 0. The second kappa shape index (κ2) is 6.26. The summed E-state index contributed by atoms with van der Waals surface area (Å²) in [6.45, 7) is 4.73. The van der Waals surface area contributed by atoms with Gasteiger partial charge in [0.2, 0.25) is 0 Å². The van der Waals surface area contributed by atoms with Crippen LogP contribution >= 0.6 is 0 Å². The SMILES string of the molecule is Cc1nc([C@@H]2CCCN2C(=O)c2ccccc2N2CCCC2)n[nH]1. The van der Waals surface area contributed by atoms with Gasteiger partial charge in [0.25, 0.3) is 5.91 Å². The zero-order chi connectivity index (χ0) is 16.5. The summed E-state index contributed by atoms with van der Waals surface area (Å²) in [6, 6.07) is 7.98. The highest BCUT2D eigenvalue weighted by atomic mass is 16.2. The molecular formula is C18H23N5O. The maximum absolute atomic E-state index is 13.2. The Bertz CT molecular complexity index is 735. The first-order valence-electron chi connectivity index (χ1n) is 8.78. The molecule has 6 nitrogen and oxygen atoms in total. The van der Waals surface area contributed by atoms with E-state index in [2.05, 4.69) is 26.1 Å². The van der Waals surface area contributed by atoms with Crippen molar-refractivity contribution in [3.8, 4) is 0 Å². The Morgan fingerprint density at radius 2 is 1.96 bits per heavy atom. The Hall–Kier alpha value is -2.37. The Balaban J connectivity index is 1.63. The third kappa shape index (κ3) is 2.66.